The number of benzene rings is 1. The fourth-order valence-electron chi connectivity index (χ4n) is 2.83. The highest BCUT2D eigenvalue weighted by Crippen LogP contribution is 2.34. The van der Waals surface area contributed by atoms with Crippen LogP contribution in [0.25, 0.3) is 0 Å². The molecule has 1 aromatic carbocycles. The van der Waals surface area contributed by atoms with Crippen LogP contribution in [0.3, 0.4) is 0 Å². The van der Waals surface area contributed by atoms with Gasteiger partial charge in [0, 0.05) is 36.4 Å². The van der Waals surface area contributed by atoms with Gasteiger partial charge in [-0.15, -0.1) is 0 Å². The summed E-state index contributed by atoms with van der Waals surface area (Å²) in [5.41, 5.74) is 1.04. The van der Waals surface area contributed by atoms with Gasteiger partial charge >= 0.3 is 0 Å². The molecule has 1 spiro atoms. The van der Waals surface area contributed by atoms with Crippen LogP contribution in [0.4, 0.5) is 5.69 Å². The molecule has 0 radical (unpaired) electrons. The van der Waals surface area contributed by atoms with E-state index < -0.39 is 0 Å². The molecule has 3 nitrogen and oxygen atoms in total. The van der Waals surface area contributed by atoms with Crippen LogP contribution in [0.1, 0.15) is 19.3 Å². The summed E-state index contributed by atoms with van der Waals surface area (Å²) in [6, 6.07) is 8.33. The first-order chi connectivity index (χ1) is 8.76. The lowest BCUT2D eigenvalue weighted by Crippen LogP contribution is -2.44. The van der Waals surface area contributed by atoms with E-state index in [0.29, 0.717) is 6.04 Å². The lowest BCUT2D eigenvalue weighted by Gasteiger charge is -2.37. The molecule has 1 aromatic rings. The third kappa shape index (κ3) is 2.63. The molecule has 2 aliphatic heterocycles. The topological polar surface area (TPSA) is 30.5 Å². The summed E-state index contributed by atoms with van der Waals surface area (Å²) in [5, 5.41) is 4.32. The van der Waals surface area contributed by atoms with Gasteiger partial charge in [0.2, 0.25) is 0 Å². The van der Waals surface area contributed by atoms with Crippen LogP contribution in [-0.2, 0) is 9.47 Å². The van der Waals surface area contributed by atoms with E-state index in [1.54, 1.807) is 0 Å². The van der Waals surface area contributed by atoms with Crippen LogP contribution in [0.15, 0.2) is 24.3 Å². The molecule has 0 aliphatic carbocycles. The zero-order valence-electron chi connectivity index (χ0n) is 10.3. The van der Waals surface area contributed by atoms with Crippen LogP contribution >= 0.6 is 11.6 Å². The lowest BCUT2D eigenvalue weighted by atomic mass is 9.89. The van der Waals surface area contributed by atoms with Gasteiger partial charge in [-0.05, 0) is 31.0 Å². The van der Waals surface area contributed by atoms with E-state index in [1.807, 2.05) is 18.2 Å². The number of hydrogen-bond acceptors (Lipinski definition) is 3. The Morgan fingerprint density at radius 2 is 2.28 bits per heavy atom. The third-order valence-electron chi connectivity index (χ3n) is 3.76. The van der Waals surface area contributed by atoms with Crippen molar-refractivity contribution in [2.75, 3.05) is 25.1 Å². The van der Waals surface area contributed by atoms with Crippen molar-refractivity contribution in [1.82, 2.24) is 0 Å². The molecular formula is C14H18ClNO2. The number of halogens is 1. The van der Waals surface area contributed by atoms with Gasteiger partial charge in [0.05, 0.1) is 12.2 Å². The maximum absolute atomic E-state index is 6.00. The van der Waals surface area contributed by atoms with Crippen LogP contribution in [0, 0.1) is 0 Å². The predicted molar refractivity (Wildman–Crippen MR) is 72.2 cm³/mol. The minimum atomic E-state index is -0.0471. The fraction of sp³-hybridized carbons (Fsp3) is 0.571. The molecule has 2 fully saturated rings. The predicted octanol–water partition coefficient (Wildman–Crippen LogP) is 3.09. The number of ether oxygens (including phenoxy) is 2. The van der Waals surface area contributed by atoms with Gasteiger partial charge in [-0.3, -0.25) is 0 Å². The van der Waals surface area contributed by atoms with Gasteiger partial charge in [0.25, 0.3) is 0 Å². The average molecular weight is 268 g/mol. The van der Waals surface area contributed by atoms with Crippen molar-refractivity contribution < 1.29 is 9.47 Å². The third-order valence-corrected chi connectivity index (χ3v) is 3.99. The molecular weight excluding hydrogens is 250 g/mol. The monoisotopic (exact) mass is 267 g/mol. The highest BCUT2D eigenvalue weighted by molar-refractivity contribution is 6.30. The molecule has 2 unspecified atom stereocenters. The average Bonchev–Trinajstić information content (AvgIpc) is 2.77. The first kappa shape index (κ1) is 12.3. The van der Waals surface area contributed by atoms with Gasteiger partial charge in [-0.25, -0.2) is 0 Å². The molecule has 2 saturated heterocycles. The standard InChI is InChI=1S/C14H18ClNO2/c15-11-2-1-3-12(8-11)16-13-4-6-18-14(9-13)5-7-17-10-14/h1-3,8,13,16H,4-7,9-10H2. The van der Waals surface area contributed by atoms with E-state index in [2.05, 4.69) is 11.4 Å². The Morgan fingerprint density at radius 1 is 1.33 bits per heavy atom. The van der Waals surface area contributed by atoms with Gasteiger partial charge in [0.1, 0.15) is 0 Å². The summed E-state index contributed by atoms with van der Waals surface area (Å²) in [4.78, 5) is 0. The molecule has 4 heteroatoms. The molecule has 0 amide bonds. The highest BCUT2D eigenvalue weighted by Gasteiger charge is 2.40. The zero-order valence-corrected chi connectivity index (χ0v) is 11.1. The Bertz CT molecular complexity index is 418. The van der Waals surface area contributed by atoms with Crippen LogP contribution < -0.4 is 5.32 Å². The van der Waals surface area contributed by atoms with Crippen molar-refractivity contribution in [1.29, 1.82) is 0 Å². The lowest BCUT2D eigenvalue weighted by molar-refractivity contribution is -0.0828. The van der Waals surface area contributed by atoms with Crippen LogP contribution in [-0.4, -0.2) is 31.5 Å². The van der Waals surface area contributed by atoms with E-state index in [4.69, 9.17) is 21.1 Å². The van der Waals surface area contributed by atoms with E-state index >= 15 is 0 Å². The van der Waals surface area contributed by atoms with Gasteiger partial charge in [-0.2, -0.15) is 0 Å². The molecule has 2 heterocycles. The van der Waals surface area contributed by atoms with E-state index in [9.17, 15) is 0 Å². The second-order valence-corrected chi connectivity index (χ2v) is 5.61. The maximum atomic E-state index is 6.00. The Morgan fingerprint density at radius 3 is 3.06 bits per heavy atom. The van der Waals surface area contributed by atoms with Gasteiger partial charge in [0.15, 0.2) is 0 Å². The number of nitrogens with one attached hydrogen (secondary N) is 1. The first-order valence-corrected chi connectivity index (χ1v) is 6.87. The zero-order chi connectivity index (χ0) is 12.4. The van der Waals surface area contributed by atoms with Crippen molar-refractivity contribution >= 4 is 17.3 Å². The Balaban J connectivity index is 1.66. The van der Waals surface area contributed by atoms with Crippen LogP contribution in [0.2, 0.25) is 5.02 Å². The molecule has 98 valence electrons. The number of rotatable bonds is 2. The van der Waals surface area contributed by atoms with E-state index in [-0.39, 0.29) is 5.60 Å². The molecule has 0 bridgehead atoms. The summed E-state index contributed by atoms with van der Waals surface area (Å²) in [7, 11) is 0. The molecule has 0 saturated carbocycles. The molecule has 1 N–H and O–H groups in total. The van der Waals surface area contributed by atoms with E-state index in [0.717, 1.165) is 49.8 Å². The summed E-state index contributed by atoms with van der Waals surface area (Å²) < 4.78 is 11.4. The number of anilines is 1. The normalized spacial score (nSPS) is 31.7. The molecule has 18 heavy (non-hydrogen) atoms. The quantitative estimate of drug-likeness (QED) is 0.893. The summed E-state index contributed by atoms with van der Waals surface area (Å²) in [5.74, 6) is 0. The largest absolute Gasteiger partial charge is 0.382 e. The minimum absolute atomic E-state index is 0.0471. The van der Waals surface area contributed by atoms with E-state index in [1.165, 1.54) is 0 Å². The Kier molecular flexibility index (Phi) is 3.46. The van der Waals surface area contributed by atoms with Crippen molar-refractivity contribution in [3.05, 3.63) is 29.3 Å². The fourth-order valence-corrected chi connectivity index (χ4v) is 3.02. The second kappa shape index (κ2) is 5.08. The molecule has 3 rings (SSSR count). The summed E-state index contributed by atoms with van der Waals surface area (Å²) >= 11 is 6.00. The number of hydrogen-bond donors (Lipinski definition) is 1. The minimum Gasteiger partial charge on any atom is -0.382 e. The summed E-state index contributed by atoms with van der Waals surface area (Å²) in [6.45, 7) is 2.37. The molecule has 2 atom stereocenters. The second-order valence-electron chi connectivity index (χ2n) is 5.18. The summed E-state index contributed by atoms with van der Waals surface area (Å²) in [6.07, 6.45) is 3.06. The maximum Gasteiger partial charge on any atom is 0.0956 e. The van der Waals surface area contributed by atoms with Gasteiger partial charge < -0.3 is 14.8 Å². The van der Waals surface area contributed by atoms with Gasteiger partial charge in [-0.1, -0.05) is 17.7 Å². The van der Waals surface area contributed by atoms with Crippen molar-refractivity contribution in [2.45, 2.75) is 30.9 Å². The SMILES string of the molecule is Clc1cccc(NC2CCOC3(CCOC3)C2)c1. The highest BCUT2D eigenvalue weighted by atomic mass is 35.5. The van der Waals surface area contributed by atoms with Crippen molar-refractivity contribution in [3.63, 3.8) is 0 Å². The molecule has 0 aromatic heterocycles. The van der Waals surface area contributed by atoms with Crippen molar-refractivity contribution in [3.8, 4) is 0 Å². The smallest absolute Gasteiger partial charge is 0.0956 e. The Labute approximate surface area is 112 Å². The first-order valence-electron chi connectivity index (χ1n) is 6.50. The Hall–Kier alpha value is -0.770. The van der Waals surface area contributed by atoms with Crippen LogP contribution in [0.5, 0.6) is 0 Å². The van der Waals surface area contributed by atoms with Crippen molar-refractivity contribution in [2.24, 2.45) is 0 Å². The molecule has 2 aliphatic rings.